The van der Waals surface area contributed by atoms with E-state index < -0.39 is 6.04 Å². The molecule has 1 amide bonds. The van der Waals surface area contributed by atoms with E-state index in [9.17, 15) is 4.79 Å². The van der Waals surface area contributed by atoms with E-state index in [2.05, 4.69) is 27.7 Å². The summed E-state index contributed by atoms with van der Waals surface area (Å²) in [5.41, 5.74) is 0.896. The highest BCUT2D eigenvalue weighted by atomic mass is 16.2. The van der Waals surface area contributed by atoms with Crippen LogP contribution in [0.1, 0.15) is 45.6 Å². The first kappa shape index (κ1) is 15.6. The fourth-order valence-corrected chi connectivity index (χ4v) is 3.03. The van der Waals surface area contributed by atoms with Gasteiger partial charge in [-0.05, 0) is 30.9 Å². The summed E-state index contributed by atoms with van der Waals surface area (Å²) in [7, 11) is 0. The van der Waals surface area contributed by atoms with Crippen LogP contribution in [-0.2, 0) is 4.79 Å². The van der Waals surface area contributed by atoms with Crippen molar-refractivity contribution in [2.45, 2.75) is 51.6 Å². The average Bonchev–Trinajstić information content (AvgIpc) is 3.07. The zero-order chi connectivity index (χ0) is 16.2. The average molecular weight is 313 g/mol. The third kappa shape index (κ3) is 3.57. The van der Waals surface area contributed by atoms with E-state index in [0.29, 0.717) is 11.7 Å². The maximum absolute atomic E-state index is 12.5. The Bertz CT molecular complexity index is 654. The molecular formula is C17H23N5O. The molecule has 1 aromatic carbocycles. The number of nitrogens with one attached hydrogen (secondary N) is 1. The molecule has 1 N–H and O–H groups in total. The zero-order valence-electron chi connectivity index (χ0n) is 13.6. The first-order valence-electron chi connectivity index (χ1n) is 8.30. The second-order valence-corrected chi connectivity index (χ2v) is 6.35. The van der Waals surface area contributed by atoms with Gasteiger partial charge in [0.25, 0.3) is 0 Å². The lowest BCUT2D eigenvalue weighted by Crippen LogP contribution is -2.44. The number of tetrazole rings is 1. The number of rotatable bonds is 4. The minimum Gasteiger partial charge on any atom is -0.351 e. The molecule has 0 aliphatic heterocycles. The Kier molecular flexibility index (Phi) is 4.69. The number of amides is 1. The van der Waals surface area contributed by atoms with Crippen LogP contribution in [0.25, 0.3) is 11.4 Å². The summed E-state index contributed by atoms with van der Waals surface area (Å²) in [5, 5.41) is 15.6. The zero-order valence-corrected chi connectivity index (χ0v) is 13.6. The van der Waals surface area contributed by atoms with Gasteiger partial charge in [0.1, 0.15) is 6.04 Å². The molecule has 0 radical (unpaired) electrons. The number of hydrogen-bond donors (Lipinski definition) is 1. The lowest BCUT2D eigenvalue weighted by atomic mass is 9.86. The number of carbonyl (C=O) groups is 1. The molecule has 1 aliphatic rings. The van der Waals surface area contributed by atoms with E-state index in [0.717, 1.165) is 12.0 Å². The van der Waals surface area contributed by atoms with Crippen molar-refractivity contribution in [2.75, 3.05) is 0 Å². The largest absolute Gasteiger partial charge is 0.351 e. The Morgan fingerprint density at radius 1 is 1.26 bits per heavy atom. The quantitative estimate of drug-likeness (QED) is 0.941. The molecule has 0 saturated heterocycles. The van der Waals surface area contributed by atoms with Crippen molar-refractivity contribution < 1.29 is 4.79 Å². The van der Waals surface area contributed by atoms with Crippen molar-refractivity contribution >= 4 is 5.91 Å². The third-order valence-electron chi connectivity index (χ3n) is 4.63. The van der Waals surface area contributed by atoms with Crippen molar-refractivity contribution in [3.05, 3.63) is 30.3 Å². The Morgan fingerprint density at radius 3 is 2.74 bits per heavy atom. The predicted molar refractivity (Wildman–Crippen MR) is 87.5 cm³/mol. The van der Waals surface area contributed by atoms with Crippen molar-refractivity contribution in [1.29, 1.82) is 0 Å². The summed E-state index contributed by atoms with van der Waals surface area (Å²) < 4.78 is 0. The number of aromatic nitrogens is 4. The molecule has 6 heteroatoms. The molecule has 1 heterocycles. The summed E-state index contributed by atoms with van der Waals surface area (Å²) in [6.45, 7) is 4.01. The maximum Gasteiger partial charge on any atom is 0.246 e. The molecule has 3 atom stereocenters. The third-order valence-corrected chi connectivity index (χ3v) is 4.63. The molecule has 23 heavy (non-hydrogen) atoms. The summed E-state index contributed by atoms with van der Waals surface area (Å²) in [6, 6.07) is 9.44. The van der Waals surface area contributed by atoms with Gasteiger partial charge in [-0.25, -0.2) is 0 Å². The van der Waals surface area contributed by atoms with Crippen LogP contribution in [0.5, 0.6) is 0 Å². The summed E-state index contributed by atoms with van der Waals surface area (Å²) >= 11 is 0. The fourth-order valence-electron chi connectivity index (χ4n) is 3.03. The Hall–Kier alpha value is -2.24. The number of hydrogen-bond acceptors (Lipinski definition) is 4. The van der Waals surface area contributed by atoms with Crippen LogP contribution in [0.2, 0.25) is 0 Å². The molecule has 1 fully saturated rings. The maximum atomic E-state index is 12.5. The van der Waals surface area contributed by atoms with Crippen molar-refractivity contribution in [3.8, 4) is 11.4 Å². The molecular weight excluding hydrogens is 290 g/mol. The van der Waals surface area contributed by atoms with Gasteiger partial charge in [0.2, 0.25) is 11.7 Å². The summed E-state index contributed by atoms with van der Waals surface area (Å²) in [6.07, 6.45) is 4.68. The lowest BCUT2D eigenvalue weighted by molar-refractivity contribution is -0.125. The number of benzene rings is 1. The highest BCUT2D eigenvalue weighted by Gasteiger charge is 2.26. The first-order chi connectivity index (χ1) is 11.1. The van der Waals surface area contributed by atoms with Crippen LogP contribution in [-0.4, -0.2) is 32.2 Å². The molecule has 6 nitrogen and oxygen atoms in total. The first-order valence-corrected chi connectivity index (χ1v) is 8.30. The van der Waals surface area contributed by atoms with Gasteiger partial charge in [0.05, 0.1) is 0 Å². The predicted octanol–water partition coefficient (Wildman–Crippen LogP) is 2.60. The van der Waals surface area contributed by atoms with Gasteiger partial charge in [-0.3, -0.25) is 4.79 Å². The minimum absolute atomic E-state index is 0.0410. The van der Waals surface area contributed by atoms with E-state index in [-0.39, 0.29) is 11.9 Å². The van der Waals surface area contributed by atoms with Crippen LogP contribution >= 0.6 is 0 Å². The second kappa shape index (κ2) is 6.89. The van der Waals surface area contributed by atoms with Crippen LogP contribution in [0, 0.1) is 5.92 Å². The van der Waals surface area contributed by atoms with Crippen molar-refractivity contribution in [3.63, 3.8) is 0 Å². The van der Waals surface area contributed by atoms with Gasteiger partial charge in [-0.2, -0.15) is 4.80 Å². The molecule has 1 aromatic heterocycles. The number of carbonyl (C=O) groups excluding carboxylic acids is 1. The van der Waals surface area contributed by atoms with E-state index in [4.69, 9.17) is 0 Å². The van der Waals surface area contributed by atoms with Crippen molar-refractivity contribution in [1.82, 2.24) is 25.5 Å². The topological polar surface area (TPSA) is 72.7 Å². The number of nitrogens with zero attached hydrogens (tertiary/aromatic N) is 4. The second-order valence-electron chi connectivity index (χ2n) is 6.35. The molecule has 2 aromatic rings. The fraction of sp³-hybridized carbons (Fsp3) is 0.529. The van der Waals surface area contributed by atoms with Crippen LogP contribution in [0.4, 0.5) is 0 Å². The Labute approximate surface area is 136 Å². The van der Waals surface area contributed by atoms with Gasteiger partial charge in [-0.1, -0.05) is 50.1 Å². The Balaban J connectivity index is 1.67. The highest BCUT2D eigenvalue weighted by Crippen LogP contribution is 2.24. The smallest absolute Gasteiger partial charge is 0.246 e. The molecule has 122 valence electrons. The summed E-state index contributed by atoms with van der Waals surface area (Å²) in [4.78, 5) is 13.9. The molecule has 1 saturated carbocycles. The van der Waals surface area contributed by atoms with Gasteiger partial charge in [0, 0.05) is 11.6 Å². The molecule has 1 aliphatic carbocycles. The van der Waals surface area contributed by atoms with E-state index in [1.807, 2.05) is 30.3 Å². The highest BCUT2D eigenvalue weighted by molar-refractivity contribution is 5.80. The van der Waals surface area contributed by atoms with Gasteiger partial charge >= 0.3 is 0 Å². The lowest BCUT2D eigenvalue weighted by Gasteiger charge is -2.30. The Morgan fingerprint density at radius 2 is 2.00 bits per heavy atom. The normalized spacial score (nSPS) is 22.5. The summed E-state index contributed by atoms with van der Waals surface area (Å²) in [5.74, 6) is 1.03. The molecule has 0 bridgehead atoms. The molecule has 3 rings (SSSR count). The van der Waals surface area contributed by atoms with Crippen LogP contribution in [0.15, 0.2) is 30.3 Å². The van der Waals surface area contributed by atoms with Gasteiger partial charge in [-0.15, -0.1) is 10.2 Å². The monoisotopic (exact) mass is 313 g/mol. The van der Waals surface area contributed by atoms with Crippen molar-refractivity contribution in [2.24, 2.45) is 5.92 Å². The van der Waals surface area contributed by atoms with E-state index in [1.54, 1.807) is 6.92 Å². The van der Waals surface area contributed by atoms with Crippen LogP contribution < -0.4 is 5.32 Å². The standard InChI is InChI=1S/C17H23N5O/c1-12-8-6-7-11-15(12)18-17(23)13(2)22-20-16(19-21-22)14-9-4-3-5-10-14/h3-5,9-10,12-13,15H,6-8,11H2,1-2H3,(H,18,23). The van der Waals surface area contributed by atoms with Gasteiger partial charge < -0.3 is 5.32 Å². The SMILES string of the molecule is CC1CCCCC1NC(=O)C(C)n1nnc(-c2ccccc2)n1. The molecule has 0 spiro atoms. The van der Waals surface area contributed by atoms with E-state index >= 15 is 0 Å². The van der Waals surface area contributed by atoms with E-state index in [1.165, 1.54) is 24.1 Å². The molecule has 3 unspecified atom stereocenters. The van der Waals surface area contributed by atoms with Gasteiger partial charge in [0.15, 0.2) is 0 Å². The minimum atomic E-state index is -0.464. The van der Waals surface area contributed by atoms with Crippen LogP contribution in [0.3, 0.4) is 0 Å².